The van der Waals surface area contributed by atoms with Crippen molar-refractivity contribution in [2.24, 2.45) is 0 Å². The highest BCUT2D eigenvalue weighted by Gasteiger charge is 2.30. The minimum atomic E-state index is -4.16. The van der Waals surface area contributed by atoms with Crippen molar-refractivity contribution < 1.29 is 13.2 Å². The van der Waals surface area contributed by atoms with E-state index in [4.69, 9.17) is 11.6 Å². The fraction of sp³-hybridized carbons (Fsp3) is 0.455. The molecule has 0 amide bonds. The van der Waals surface area contributed by atoms with Crippen LogP contribution in [-0.2, 0) is 0 Å². The number of aryl methyl sites for hydroxylation is 1. The lowest BCUT2D eigenvalue weighted by Crippen LogP contribution is -2.24. The number of hydrogen-bond donors (Lipinski definition) is 1. The Kier molecular flexibility index (Phi) is 4.08. The van der Waals surface area contributed by atoms with E-state index in [1.807, 2.05) is 13.0 Å². The Bertz CT molecular complexity index is 363. The zero-order valence-electron chi connectivity index (χ0n) is 9.03. The summed E-state index contributed by atoms with van der Waals surface area (Å²) in [5.41, 5.74) is 1.49. The Hall–Kier alpha value is -0.900. The van der Waals surface area contributed by atoms with Gasteiger partial charge in [0.2, 0.25) is 0 Å². The van der Waals surface area contributed by atoms with Crippen LogP contribution in [0.4, 0.5) is 18.9 Å². The third kappa shape index (κ3) is 4.31. The van der Waals surface area contributed by atoms with Crippen molar-refractivity contribution in [3.05, 3.63) is 28.8 Å². The van der Waals surface area contributed by atoms with E-state index in [-0.39, 0.29) is 0 Å². The summed E-state index contributed by atoms with van der Waals surface area (Å²) in [6.45, 7) is 3.34. The zero-order chi connectivity index (χ0) is 12.3. The number of hydrogen-bond acceptors (Lipinski definition) is 1. The summed E-state index contributed by atoms with van der Waals surface area (Å²) < 4.78 is 36.3. The molecule has 1 atom stereocenters. The maximum atomic E-state index is 12.1. The maximum absolute atomic E-state index is 12.1. The summed E-state index contributed by atoms with van der Waals surface area (Å²) in [6.07, 6.45) is -5.04. The van der Waals surface area contributed by atoms with Crippen molar-refractivity contribution in [1.29, 1.82) is 0 Å². The molecule has 0 bridgehead atoms. The highest BCUT2D eigenvalue weighted by molar-refractivity contribution is 6.33. The van der Waals surface area contributed by atoms with Gasteiger partial charge in [-0.1, -0.05) is 17.7 Å². The Morgan fingerprint density at radius 1 is 1.38 bits per heavy atom. The molecule has 1 aromatic carbocycles. The highest BCUT2D eigenvalue weighted by atomic mass is 35.5. The van der Waals surface area contributed by atoms with Crippen LogP contribution in [0.15, 0.2) is 18.2 Å². The van der Waals surface area contributed by atoms with E-state index >= 15 is 0 Å². The molecule has 0 fully saturated rings. The number of benzene rings is 1. The second-order valence-electron chi connectivity index (χ2n) is 3.85. The predicted molar refractivity (Wildman–Crippen MR) is 59.9 cm³/mol. The van der Waals surface area contributed by atoms with Crippen LogP contribution >= 0.6 is 11.6 Å². The molecule has 5 heteroatoms. The van der Waals surface area contributed by atoms with Gasteiger partial charge in [0.15, 0.2) is 0 Å². The van der Waals surface area contributed by atoms with Gasteiger partial charge in [0.05, 0.1) is 17.1 Å². The normalized spacial score (nSPS) is 13.6. The van der Waals surface area contributed by atoms with E-state index in [0.717, 1.165) is 5.56 Å². The summed E-state index contributed by atoms with van der Waals surface area (Å²) in [7, 11) is 0. The molecule has 1 unspecified atom stereocenters. The van der Waals surface area contributed by atoms with E-state index in [1.54, 1.807) is 12.1 Å². The van der Waals surface area contributed by atoms with Crippen LogP contribution in [0.2, 0.25) is 5.02 Å². The molecule has 1 N–H and O–H groups in total. The number of alkyl halides is 3. The van der Waals surface area contributed by atoms with Crippen LogP contribution in [0.5, 0.6) is 0 Å². The van der Waals surface area contributed by atoms with Gasteiger partial charge in [-0.15, -0.1) is 0 Å². The lowest BCUT2D eigenvalue weighted by Gasteiger charge is -2.18. The van der Waals surface area contributed by atoms with E-state index in [9.17, 15) is 13.2 Å². The molecule has 0 heterocycles. The van der Waals surface area contributed by atoms with Gasteiger partial charge >= 0.3 is 6.18 Å². The molecule has 0 aliphatic carbocycles. The molecule has 16 heavy (non-hydrogen) atoms. The van der Waals surface area contributed by atoms with Crippen LogP contribution in [-0.4, -0.2) is 12.2 Å². The number of halogens is 4. The lowest BCUT2D eigenvalue weighted by molar-refractivity contribution is -0.136. The third-order valence-electron chi connectivity index (χ3n) is 2.06. The summed E-state index contributed by atoms with van der Waals surface area (Å²) in [5, 5.41) is 3.19. The number of anilines is 1. The second kappa shape index (κ2) is 4.95. The Morgan fingerprint density at radius 3 is 2.56 bits per heavy atom. The van der Waals surface area contributed by atoms with Gasteiger partial charge < -0.3 is 5.32 Å². The van der Waals surface area contributed by atoms with Gasteiger partial charge in [-0.2, -0.15) is 13.2 Å². The molecule has 1 nitrogen and oxygen atoms in total. The standard InChI is InChI=1S/C11H13ClF3N/c1-7-3-4-9(12)10(5-7)16-8(2)6-11(13,14)15/h3-5,8,16H,6H2,1-2H3. The fourth-order valence-electron chi connectivity index (χ4n) is 1.41. The highest BCUT2D eigenvalue weighted by Crippen LogP contribution is 2.27. The lowest BCUT2D eigenvalue weighted by atomic mass is 10.2. The molecule has 0 spiro atoms. The molecule has 90 valence electrons. The Morgan fingerprint density at radius 2 is 2.00 bits per heavy atom. The van der Waals surface area contributed by atoms with Crippen molar-refractivity contribution in [3.8, 4) is 0 Å². The molecule has 0 aromatic heterocycles. The van der Waals surface area contributed by atoms with Crippen molar-refractivity contribution in [2.75, 3.05) is 5.32 Å². The predicted octanol–water partition coefficient (Wildman–Crippen LogP) is 4.40. The molecule has 0 aliphatic heterocycles. The smallest absolute Gasteiger partial charge is 0.381 e. The first-order chi connectivity index (χ1) is 7.28. The number of nitrogens with one attached hydrogen (secondary N) is 1. The van der Waals surface area contributed by atoms with Crippen LogP contribution in [0, 0.1) is 6.92 Å². The average Bonchev–Trinajstić information content (AvgIpc) is 2.08. The SMILES string of the molecule is Cc1ccc(Cl)c(NC(C)CC(F)(F)F)c1. The maximum Gasteiger partial charge on any atom is 0.391 e. The van der Waals surface area contributed by atoms with Crippen molar-refractivity contribution in [1.82, 2.24) is 0 Å². The van der Waals surface area contributed by atoms with E-state index in [1.165, 1.54) is 6.92 Å². The van der Waals surface area contributed by atoms with Crippen LogP contribution < -0.4 is 5.32 Å². The summed E-state index contributed by atoms with van der Waals surface area (Å²) in [6, 6.07) is 4.51. The van der Waals surface area contributed by atoms with E-state index in [2.05, 4.69) is 5.32 Å². The minimum absolute atomic E-state index is 0.430. The molecular formula is C11H13ClF3N. The van der Waals surface area contributed by atoms with E-state index < -0.39 is 18.6 Å². The molecule has 0 saturated carbocycles. The monoisotopic (exact) mass is 251 g/mol. The van der Waals surface area contributed by atoms with Gasteiger partial charge in [0, 0.05) is 6.04 Å². The zero-order valence-corrected chi connectivity index (χ0v) is 9.78. The molecule has 0 aliphatic rings. The van der Waals surface area contributed by atoms with Gasteiger partial charge in [-0.05, 0) is 31.5 Å². The van der Waals surface area contributed by atoms with Gasteiger partial charge in [-0.25, -0.2) is 0 Å². The minimum Gasteiger partial charge on any atom is -0.381 e. The molecular weight excluding hydrogens is 239 g/mol. The average molecular weight is 252 g/mol. The molecule has 0 saturated heterocycles. The molecule has 0 radical (unpaired) electrons. The van der Waals surface area contributed by atoms with Gasteiger partial charge in [-0.3, -0.25) is 0 Å². The summed E-state index contributed by atoms with van der Waals surface area (Å²) in [5.74, 6) is 0. The summed E-state index contributed by atoms with van der Waals surface area (Å²) in [4.78, 5) is 0. The second-order valence-corrected chi connectivity index (χ2v) is 4.26. The molecule has 1 rings (SSSR count). The van der Waals surface area contributed by atoms with Crippen LogP contribution in [0.25, 0.3) is 0 Å². The Labute approximate surface area is 97.6 Å². The first-order valence-corrected chi connectivity index (χ1v) is 5.25. The van der Waals surface area contributed by atoms with Gasteiger partial charge in [0.25, 0.3) is 0 Å². The quantitative estimate of drug-likeness (QED) is 0.840. The van der Waals surface area contributed by atoms with Crippen molar-refractivity contribution in [2.45, 2.75) is 32.5 Å². The van der Waals surface area contributed by atoms with Gasteiger partial charge in [0.1, 0.15) is 0 Å². The molecule has 1 aromatic rings. The Balaban J connectivity index is 2.69. The first-order valence-electron chi connectivity index (χ1n) is 4.87. The van der Waals surface area contributed by atoms with Crippen molar-refractivity contribution in [3.63, 3.8) is 0 Å². The van der Waals surface area contributed by atoms with Crippen LogP contribution in [0.1, 0.15) is 18.9 Å². The number of rotatable bonds is 3. The largest absolute Gasteiger partial charge is 0.391 e. The van der Waals surface area contributed by atoms with Crippen molar-refractivity contribution >= 4 is 17.3 Å². The topological polar surface area (TPSA) is 12.0 Å². The summed E-state index contributed by atoms with van der Waals surface area (Å²) >= 11 is 5.87. The first kappa shape index (κ1) is 13.2. The fourth-order valence-corrected chi connectivity index (χ4v) is 1.59. The van der Waals surface area contributed by atoms with E-state index in [0.29, 0.717) is 10.7 Å². The van der Waals surface area contributed by atoms with Crippen LogP contribution in [0.3, 0.4) is 0 Å². The third-order valence-corrected chi connectivity index (χ3v) is 2.39.